The molecule has 102 valence electrons. The molecule has 0 heterocycles. The van der Waals surface area contributed by atoms with E-state index in [1.54, 1.807) is 0 Å². The van der Waals surface area contributed by atoms with E-state index in [2.05, 4.69) is 6.92 Å². The summed E-state index contributed by atoms with van der Waals surface area (Å²) in [5, 5.41) is 9.27. The molecule has 0 fully saturated rings. The third-order valence-corrected chi connectivity index (χ3v) is 3.63. The summed E-state index contributed by atoms with van der Waals surface area (Å²) in [5.41, 5.74) is 0. The van der Waals surface area contributed by atoms with Crippen molar-refractivity contribution in [1.82, 2.24) is 0 Å². The monoisotopic (exact) mass is 270 g/mol. The Morgan fingerprint density at radius 2 is 1.78 bits per heavy atom. The minimum Gasteiger partial charge on any atom is -0.494 e. The maximum Gasteiger partial charge on any atom is 0.119 e. The number of ether oxygens (including phenoxy) is 2. The van der Waals surface area contributed by atoms with Gasteiger partial charge >= 0.3 is 0 Å². The van der Waals surface area contributed by atoms with Gasteiger partial charge in [0, 0.05) is 17.6 Å². The van der Waals surface area contributed by atoms with E-state index in [1.165, 1.54) is 0 Å². The zero-order chi connectivity index (χ0) is 13.2. The Labute approximate surface area is 113 Å². The first-order valence-electron chi connectivity index (χ1n) is 6.34. The molecule has 0 aliphatic rings. The molecule has 1 unspecified atom stereocenters. The number of hydrogen-bond donors (Lipinski definition) is 1. The van der Waals surface area contributed by atoms with Crippen LogP contribution in [0, 0.1) is 0 Å². The van der Waals surface area contributed by atoms with Crippen molar-refractivity contribution in [3.8, 4) is 11.5 Å². The maximum absolute atomic E-state index is 8.78. The second-order valence-corrected chi connectivity index (χ2v) is 5.49. The molecule has 1 aromatic carbocycles. The number of benzene rings is 1. The third kappa shape index (κ3) is 6.17. The molecule has 0 saturated heterocycles. The largest absolute Gasteiger partial charge is 0.494 e. The molecule has 1 rings (SSSR count). The van der Waals surface area contributed by atoms with E-state index >= 15 is 0 Å². The Hall–Kier alpha value is -0.870. The van der Waals surface area contributed by atoms with Gasteiger partial charge in [0.25, 0.3) is 0 Å². The zero-order valence-corrected chi connectivity index (χ0v) is 11.9. The minimum atomic E-state index is 0.258. The van der Waals surface area contributed by atoms with Gasteiger partial charge in [0.2, 0.25) is 0 Å². The summed E-state index contributed by atoms with van der Waals surface area (Å²) in [6.45, 7) is 5.72. The van der Waals surface area contributed by atoms with Gasteiger partial charge in [-0.25, -0.2) is 0 Å². The van der Waals surface area contributed by atoms with E-state index in [0.717, 1.165) is 23.7 Å². The minimum absolute atomic E-state index is 0.258. The lowest BCUT2D eigenvalue weighted by Crippen LogP contribution is -2.06. The van der Waals surface area contributed by atoms with E-state index in [-0.39, 0.29) is 6.61 Å². The van der Waals surface area contributed by atoms with Crippen LogP contribution in [0.4, 0.5) is 0 Å². The van der Waals surface area contributed by atoms with Crippen LogP contribution in [0.15, 0.2) is 24.3 Å². The molecule has 0 saturated carbocycles. The van der Waals surface area contributed by atoms with Crippen molar-refractivity contribution in [1.29, 1.82) is 0 Å². The Balaban J connectivity index is 2.19. The van der Waals surface area contributed by atoms with Crippen LogP contribution >= 0.6 is 11.8 Å². The fraction of sp³-hybridized carbons (Fsp3) is 0.571. The predicted molar refractivity (Wildman–Crippen MR) is 76.7 cm³/mol. The standard InChI is InChI=1S/C14H22O3S/c1-3-16-13-4-6-14(7-5-13)17-10-11-18-12(2)8-9-15/h4-7,12,15H,3,8-11H2,1-2H3. The fourth-order valence-electron chi connectivity index (χ4n) is 1.47. The van der Waals surface area contributed by atoms with Gasteiger partial charge in [0.1, 0.15) is 11.5 Å². The first-order valence-corrected chi connectivity index (χ1v) is 7.39. The molecule has 0 radical (unpaired) electrons. The van der Waals surface area contributed by atoms with E-state index < -0.39 is 0 Å². The Morgan fingerprint density at radius 3 is 2.33 bits per heavy atom. The summed E-state index contributed by atoms with van der Waals surface area (Å²) in [6.07, 6.45) is 0.841. The van der Waals surface area contributed by atoms with Crippen molar-refractivity contribution in [2.24, 2.45) is 0 Å². The molecule has 1 N–H and O–H groups in total. The Bertz CT molecular complexity index is 313. The molecule has 0 bridgehead atoms. The van der Waals surface area contributed by atoms with E-state index in [1.807, 2.05) is 43.0 Å². The molecular weight excluding hydrogens is 248 g/mol. The highest BCUT2D eigenvalue weighted by atomic mass is 32.2. The SMILES string of the molecule is CCOc1ccc(OCCSC(C)CCO)cc1. The average Bonchev–Trinajstić information content (AvgIpc) is 2.37. The molecule has 0 aliphatic heterocycles. The van der Waals surface area contributed by atoms with Crippen LogP contribution < -0.4 is 9.47 Å². The molecule has 0 spiro atoms. The predicted octanol–water partition coefficient (Wildman–Crippen LogP) is 2.97. The van der Waals surface area contributed by atoms with Gasteiger partial charge in [0.15, 0.2) is 0 Å². The van der Waals surface area contributed by atoms with Crippen LogP contribution in [0.3, 0.4) is 0 Å². The topological polar surface area (TPSA) is 38.7 Å². The maximum atomic E-state index is 8.78. The fourth-order valence-corrected chi connectivity index (χ4v) is 2.33. The second-order valence-electron chi connectivity index (χ2n) is 3.95. The van der Waals surface area contributed by atoms with E-state index in [4.69, 9.17) is 14.6 Å². The number of rotatable bonds is 9. The lowest BCUT2D eigenvalue weighted by Gasteiger charge is -2.10. The van der Waals surface area contributed by atoms with Crippen molar-refractivity contribution < 1.29 is 14.6 Å². The smallest absolute Gasteiger partial charge is 0.119 e. The van der Waals surface area contributed by atoms with Crippen LogP contribution in [0.2, 0.25) is 0 Å². The van der Waals surface area contributed by atoms with Gasteiger partial charge in [-0.1, -0.05) is 6.92 Å². The van der Waals surface area contributed by atoms with Crippen LogP contribution in [0.1, 0.15) is 20.3 Å². The Kier molecular flexibility index (Phi) is 7.69. The highest BCUT2D eigenvalue weighted by molar-refractivity contribution is 7.99. The quantitative estimate of drug-likeness (QED) is 0.700. The van der Waals surface area contributed by atoms with Gasteiger partial charge in [-0.15, -0.1) is 0 Å². The molecule has 0 aromatic heterocycles. The van der Waals surface area contributed by atoms with Crippen LogP contribution in [-0.2, 0) is 0 Å². The molecular formula is C14H22O3S. The van der Waals surface area contributed by atoms with E-state index in [0.29, 0.717) is 18.5 Å². The van der Waals surface area contributed by atoms with Crippen molar-refractivity contribution in [3.05, 3.63) is 24.3 Å². The van der Waals surface area contributed by atoms with Crippen molar-refractivity contribution in [2.45, 2.75) is 25.5 Å². The molecule has 18 heavy (non-hydrogen) atoms. The number of aliphatic hydroxyl groups is 1. The van der Waals surface area contributed by atoms with Gasteiger partial charge in [-0.05, 0) is 37.6 Å². The van der Waals surface area contributed by atoms with Crippen molar-refractivity contribution >= 4 is 11.8 Å². The molecule has 0 amide bonds. The van der Waals surface area contributed by atoms with Crippen LogP contribution in [0.5, 0.6) is 11.5 Å². The molecule has 4 heteroatoms. The normalized spacial score (nSPS) is 12.2. The summed E-state index contributed by atoms with van der Waals surface area (Å²) in [6, 6.07) is 7.68. The van der Waals surface area contributed by atoms with Crippen LogP contribution in [-0.4, -0.2) is 35.9 Å². The lowest BCUT2D eigenvalue weighted by molar-refractivity contribution is 0.288. The molecule has 3 nitrogen and oxygen atoms in total. The number of hydrogen-bond acceptors (Lipinski definition) is 4. The van der Waals surface area contributed by atoms with E-state index in [9.17, 15) is 0 Å². The summed E-state index contributed by atoms with van der Waals surface area (Å²) < 4.78 is 11.0. The number of aliphatic hydroxyl groups excluding tert-OH is 1. The Morgan fingerprint density at radius 1 is 1.17 bits per heavy atom. The van der Waals surface area contributed by atoms with Crippen molar-refractivity contribution in [2.75, 3.05) is 25.6 Å². The second kappa shape index (κ2) is 9.11. The molecule has 0 aliphatic carbocycles. The van der Waals surface area contributed by atoms with Gasteiger partial charge in [-0.2, -0.15) is 11.8 Å². The van der Waals surface area contributed by atoms with Gasteiger partial charge in [-0.3, -0.25) is 0 Å². The lowest BCUT2D eigenvalue weighted by atomic mass is 10.3. The molecule has 1 aromatic rings. The third-order valence-electron chi connectivity index (χ3n) is 2.42. The summed E-state index contributed by atoms with van der Waals surface area (Å²) in [7, 11) is 0. The first kappa shape index (κ1) is 15.2. The zero-order valence-electron chi connectivity index (χ0n) is 11.1. The summed E-state index contributed by atoms with van der Waals surface area (Å²) in [5.74, 6) is 2.68. The summed E-state index contributed by atoms with van der Waals surface area (Å²) >= 11 is 1.82. The van der Waals surface area contributed by atoms with Gasteiger partial charge < -0.3 is 14.6 Å². The number of thioether (sulfide) groups is 1. The highest BCUT2D eigenvalue weighted by Crippen LogP contribution is 2.18. The highest BCUT2D eigenvalue weighted by Gasteiger charge is 2.01. The van der Waals surface area contributed by atoms with Crippen molar-refractivity contribution in [3.63, 3.8) is 0 Å². The average molecular weight is 270 g/mol. The first-order chi connectivity index (χ1) is 8.76. The summed E-state index contributed by atoms with van der Waals surface area (Å²) in [4.78, 5) is 0. The molecule has 1 atom stereocenters. The van der Waals surface area contributed by atoms with Crippen LogP contribution in [0.25, 0.3) is 0 Å². The van der Waals surface area contributed by atoms with Gasteiger partial charge in [0.05, 0.1) is 13.2 Å².